The van der Waals surface area contributed by atoms with Crippen LogP contribution in [0.25, 0.3) is 0 Å². The molecule has 104 valence electrons. The first-order chi connectivity index (χ1) is 9.10. The molecule has 5 nitrogen and oxygen atoms in total. The molecule has 0 heterocycles. The third kappa shape index (κ3) is 4.37. The average molecular weight is 264 g/mol. The van der Waals surface area contributed by atoms with E-state index in [1.54, 1.807) is 12.1 Å². The fourth-order valence-electron chi connectivity index (χ4n) is 1.90. The van der Waals surface area contributed by atoms with Crippen LogP contribution in [-0.4, -0.2) is 29.6 Å². The molecule has 0 aliphatic rings. The van der Waals surface area contributed by atoms with Gasteiger partial charge in [0.1, 0.15) is 6.04 Å². The largest absolute Gasteiger partial charge is 0.480 e. The summed E-state index contributed by atoms with van der Waals surface area (Å²) in [5.41, 5.74) is 6.83. The Morgan fingerprint density at radius 1 is 1.37 bits per heavy atom. The van der Waals surface area contributed by atoms with Crippen LogP contribution in [0.5, 0.6) is 0 Å². The van der Waals surface area contributed by atoms with E-state index in [2.05, 4.69) is 5.32 Å². The summed E-state index contributed by atoms with van der Waals surface area (Å²) in [5, 5.41) is 11.6. The molecule has 0 saturated carbocycles. The van der Waals surface area contributed by atoms with Gasteiger partial charge in [-0.3, -0.25) is 4.79 Å². The summed E-state index contributed by atoms with van der Waals surface area (Å²) in [6, 6.07) is 6.26. The molecule has 1 rings (SSSR count). The Morgan fingerprint density at radius 2 is 2.05 bits per heavy atom. The highest BCUT2D eigenvalue weighted by Gasteiger charge is 2.20. The topological polar surface area (TPSA) is 92.4 Å². The normalized spacial score (nSPS) is 11.9. The first-order valence-corrected chi connectivity index (χ1v) is 6.41. The number of benzene rings is 1. The highest BCUT2D eigenvalue weighted by Crippen LogP contribution is 2.10. The number of nitrogens with two attached hydrogens (primary N) is 1. The maximum Gasteiger partial charge on any atom is 0.326 e. The monoisotopic (exact) mass is 264 g/mol. The van der Waals surface area contributed by atoms with Gasteiger partial charge >= 0.3 is 5.97 Å². The number of hydrogen-bond acceptors (Lipinski definition) is 3. The van der Waals surface area contributed by atoms with Gasteiger partial charge in [-0.25, -0.2) is 4.79 Å². The molecule has 0 fully saturated rings. The number of carboxylic acid groups (broad SMARTS) is 1. The number of amides is 1. The molecule has 1 amide bonds. The molecule has 5 heteroatoms. The van der Waals surface area contributed by atoms with E-state index in [-0.39, 0.29) is 5.91 Å². The van der Waals surface area contributed by atoms with Crippen molar-refractivity contribution in [3.63, 3.8) is 0 Å². The highest BCUT2D eigenvalue weighted by atomic mass is 16.4. The minimum atomic E-state index is -1.01. The molecule has 19 heavy (non-hydrogen) atoms. The smallest absolute Gasteiger partial charge is 0.326 e. The lowest BCUT2D eigenvalue weighted by atomic mass is 10.0. The third-order valence-electron chi connectivity index (χ3n) is 2.86. The zero-order valence-corrected chi connectivity index (χ0v) is 11.1. The molecule has 0 unspecified atom stereocenters. The van der Waals surface area contributed by atoms with Crippen molar-refractivity contribution in [3.8, 4) is 0 Å². The number of carbonyl (C=O) groups is 2. The molecule has 1 atom stereocenters. The minimum absolute atomic E-state index is 0.357. The van der Waals surface area contributed by atoms with Crippen molar-refractivity contribution in [2.24, 2.45) is 5.73 Å². The van der Waals surface area contributed by atoms with Gasteiger partial charge in [-0.15, -0.1) is 0 Å². The van der Waals surface area contributed by atoms with Gasteiger partial charge in [0.25, 0.3) is 5.91 Å². The maximum atomic E-state index is 12.1. The fourth-order valence-corrected chi connectivity index (χ4v) is 1.90. The zero-order valence-electron chi connectivity index (χ0n) is 11.1. The summed E-state index contributed by atoms with van der Waals surface area (Å²) in [5.74, 6) is -1.36. The van der Waals surface area contributed by atoms with Gasteiger partial charge in [-0.1, -0.05) is 31.5 Å². The van der Waals surface area contributed by atoms with Gasteiger partial charge < -0.3 is 16.2 Å². The molecule has 0 aromatic heterocycles. The van der Waals surface area contributed by atoms with Crippen LogP contribution in [-0.2, 0) is 11.2 Å². The predicted octanol–water partition coefficient (Wildman–Crippen LogP) is 1.17. The summed E-state index contributed by atoms with van der Waals surface area (Å²) in [7, 11) is 0. The first kappa shape index (κ1) is 15.2. The summed E-state index contributed by atoms with van der Waals surface area (Å²) >= 11 is 0. The fraction of sp³-hybridized carbons (Fsp3) is 0.429. The van der Waals surface area contributed by atoms with Crippen molar-refractivity contribution in [2.75, 3.05) is 6.54 Å². The van der Waals surface area contributed by atoms with Gasteiger partial charge in [0, 0.05) is 5.56 Å². The average Bonchev–Trinajstić information content (AvgIpc) is 2.39. The third-order valence-corrected chi connectivity index (χ3v) is 2.86. The van der Waals surface area contributed by atoms with Crippen molar-refractivity contribution in [1.29, 1.82) is 0 Å². The molecule has 0 bridgehead atoms. The van der Waals surface area contributed by atoms with E-state index in [1.165, 1.54) is 0 Å². The number of nitrogens with one attached hydrogen (secondary N) is 1. The van der Waals surface area contributed by atoms with Crippen LogP contribution >= 0.6 is 0 Å². The SMILES string of the molecule is CCC[C@@H](NC(=O)c1ccccc1CCN)C(=O)O. The molecule has 4 N–H and O–H groups in total. The molecule has 0 spiro atoms. The second kappa shape index (κ2) is 7.53. The summed E-state index contributed by atoms with van der Waals surface area (Å²) in [6.07, 6.45) is 1.71. The Morgan fingerprint density at radius 3 is 2.63 bits per heavy atom. The summed E-state index contributed by atoms with van der Waals surface area (Å²) in [6.45, 7) is 2.33. The van der Waals surface area contributed by atoms with Crippen LogP contribution in [0.1, 0.15) is 35.7 Å². The van der Waals surface area contributed by atoms with E-state index in [9.17, 15) is 9.59 Å². The van der Waals surface area contributed by atoms with E-state index >= 15 is 0 Å². The molecule has 1 aromatic carbocycles. The van der Waals surface area contributed by atoms with Crippen LogP contribution in [0.2, 0.25) is 0 Å². The van der Waals surface area contributed by atoms with Crippen LogP contribution in [0.4, 0.5) is 0 Å². The Bertz CT molecular complexity index is 446. The predicted molar refractivity (Wildman–Crippen MR) is 73.0 cm³/mol. The standard InChI is InChI=1S/C14H20N2O3/c1-2-5-12(14(18)19)16-13(17)11-7-4-3-6-10(11)8-9-15/h3-4,6-7,12H,2,5,8-9,15H2,1H3,(H,16,17)(H,18,19)/t12-/m1/s1. The Kier molecular flexibility index (Phi) is 6.02. The van der Waals surface area contributed by atoms with E-state index in [1.807, 2.05) is 19.1 Å². The van der Waals surface area contributed by atoms with Gasteiger partial charge in [0.15, 0.2) is 0 Å². The molecule has 0 aliphatic carbocycles. The molecule has 1 aromatic rings. The molecule has 0 radical (unpaired) electrons. The van der Waals surface area contributed by atoms with Gasteiger partial charge in [0.05, 0.1) is 0 Å². The number of hydrogen-bond donors (Lipinski definition) is 3. The maximum absolute atomic E-state index is 12.1. The quantitative estimate of drug-likeness (QED) is 0.689. The molecule has 0 saturated heterocycles. The van der Waals surface area contributed by atoms with Gasteiger partial charge in [-0.05, 0) is 31.0 Å². The molecule has 0 aliphatic heterocycles. The number of carbonyl (C=O) groups excluding carboxylic acids is 1. The van der Waals surface area contributed by atoms with E-state index in [0.29, 0.717) is 31.4 Å². The van der Waals surface area contributed by atoms with Crippen LogP contribution < -0.4 is 11.1 Å². The Balaban J connectivity index is 2.84. The lowest BCUT2D eigenvalue weighted by Gasteiger charge is -2.15. The Labute approximate surface area is 112 Å². The van der Waals surface area contributed by atoms with Crippen LogP contribution in [0.15, 0.2) is 24.3 Å². The van der Waals surface area contributed by atoms with Crippen LogP contribution in [0, 0.1) is 0 Å². The highest BCUT2D eigenvalue weighted by molar-refractivity contribution is 5.97. The van der Waals surface area contributed by atoms with Crippen molar-refractivity contribution in [2.45, 2.75) is 32.2 Å². The summed E-state index contributed by atoms with van der Waals surface area (Å²) < 4.78 is 0. The minimum Gasteiger partial charge on any atom is -0.480 e. The molecular formula is C14H20N2O3. The lowest BCUT2D eigenvalue weighted by Crippen LogP contribution is -2.41. The van der Waals surface area contributed by atoms with Crippen molar-refractivity contribution < 1.29 is 14.7 Å². The number of carboxylic acids is 1. The van der Waals surface area contributed by atoms with Crippen molar-refractivity contribution in [3.05, 3.63) is 35.4 Å². The zero-order chi connectivity index (χ0) is 14.3. The number of aliphatic carboxylic acids is 1. The number of rotatable bonds is 7. The van der Waals surface area contributed by atoms with E-state index in [4.69, 9.17) is 10.8 Å². The van der Waals surface area contributed by atoms with E-state index < -0.39 is 12.0 Å². The second-order valence-electron chi connectivity index (χ2n) is 4.35. The summed E-state index contributed by atoms with van der Waals surface area (Å²) in [4.78, 5) is 23.1. The second-order valence-corrected chi connectivity index (χ2v) is 4.35. The van der Waals surface area contributed by atoms with Gasteiger partial charge in [-0.2, -0.15) is 0 Å². The Hall–Kier alpha value is -1.88. The van der Waals surface area contributed by atoms with Gasteiger partial charge in [0.2, 0.25) is 0 Å². The van der Waals surface area contributed by atoms with Crippen molar-refractivity contribution >= 4 is 11.9 Å². The van der Waals surface area contributed by atoms with E-state index in [0.717, 1.165) is 5.56 Å². The lowest BCUT2D eigenvalue weighted by molar-refractivity contribution is -0.139. The first-order valence-electron chi connectivity index (χ1n) is 6.41. The van der Waals surface area contributed by atoms with Crippen LogP contribution in [0.3, 0.4) is 0 Å². The molecular weight excluding hydrogens is 244 g/mol. The van der Waals surface area contributed by atoms with Crippen molar-refractivity contribution in [1.82, 2.24) is 5.32 Å².